The van der Waals surface area contributed by atoms with Crippen molar-refractivity contribution in [3.63, 3.8) is 0 Å². The fraction of sp³-hybridized carbons (Fsp3) is 0.286. The molecular formula is C14H13ClN2O3. The Kier molecular flexibility index (Phi) is 4.16. The number of halogens is 1. The van der Waals surface area contributed by atoms with Crippen LogP contribution in [0.15, 0.2) is 17.7 Å². The van der Waals surface area contributed by atoms with Gasteiger partial charge in [0.25, 0.3) is 5.91 Å². The lowest BCUT2D eigenvalue weighted by molar-refractivity contribution is -0.125. The molecule has 0 radical (unpaired) electrons. The lowest BCUT2D eigenvalue weighted by atomic mass is 10.1. The third kappa shape index (κ3) is 2.86. The van der Waals surface area contributed by atoms with Gasteiger partial charge in [-0.3, -0.25) is 4.79 Å². The van der Waals surface area contributed by atoms with E-state index in [9.17, 15) is 15.0 Å². The van der Waals surface area contributed by atoms with Crippen LogP contribution in [0.25, 0.3) is 6.08 Å². The lowest BCUT2D eigenvalue weighted by Crippen LogP contribution is -2.28. The number of likely N-dealkylation sites (tertiary alicyclic amines) is 1. The molecule has 2 N–H and O–H groups in total. The summed E-state index contributed by atoms with van der Waals surface area (Å²) in [7, 11) is 0. The Morgan fingerprint density at radius 3 is 2.55 bits per heavy atom. The van der Waals surface area contributed by atoms with Crippen molar-refractivity contribution in [3.8, 4) is 17.6 Å². The average molecular weight is 293 g/mol. The van der Waals surface area contributed by atoms with E-state index in [1.807, 2.05) is 6.07 Å². The molecule has 0 unspecified atom stereocenters. The van der Waals surface area contributed by atoms with E-state index in [1.165, 1.54) is 18.2 Å². The van der Waals surface area contributed by atoms with E-state index in [4.69, 9.17) is 16.9 Å². The van der Waals surface area contributed by atoms with Gasteiger partial charge >= 0.3 is 0 Å². The molecule has 0 spiro atoms. The second-order valence-electron chi connectivity index (χ2n) is 4.54. The topological polar surface area (TPSA) is 84.6 Å². The van der Waals surface area contributed by atoms with Crippen molar-refractivity contribution in [1.29, 1.82) is 5.26 Å². The number of rotatable bonds is 2. The van der Waals surface area contributed by atoms with E-state index in [-0.39, 0.29) is 16.5 Å². The van der Waals surface area contributed by atoms with Crippen molar-refractivity contribution < 1.29 is 15.0 Å². The van der Waals surface area contributed by atoms with Gasteiger partial charge in [0.15, 0.2) is 11.5 Å². The van der Waals surface area contributed by atoms with Gasteiger partial charge in [0, 0.05) is 13.1 Å². The van der Waals surface area contributed by atoms with E-state index < -0.39 is 11.5 Å². The van der Waals surface area contributed by atoms with Crippen molar-refractivity contribution in [3.05, 3.63) is 28.3 Å². The summed E-state index contributed by atoms with van der Waals surface area (Å²) in [5.41, 5.74) is 0.363. The first-order valence-corrected chi connectivity index (χ1v) is 6.53. The van der Waals surface area contributed by atoms with Crippen molar-refractivity contribution in [2.45, 2.75) is 12.8 Å². The minimum absolute atomic E-state index is 0.0203. The predicted molar refractivity (Wildman–Crippen MR) is 74.2 cm³/mol. The Labute approximate surface area is 121 Å². The number of amides is 1. The minimum Gasteiger partial charge on any atom is -0.504 e. The minimum atomic E-state index is -0.423. The highest BCUT2D eigenvalue weighted by Crippen LogP contribution is 2.34. The third-order valence-electron chi connectivity index (χ3n) is 3.12. The highest BCUT2D eigenvalue weighted by atomic mass is 35.5. The van der Waals surface area contributed by atoms with Crippen LogP contribution in [-0.2, 0) is 4.79 Å². The molecule has 0 atom stereocenters. The summed E-state index contributed by atoms with van der Waals surface area (Å²) >= 11 is 5.73. The Hall–Kier alpha value is -2.19. The van der Waals surface area contributed by atoms with Crippen molar-refractivity contribution >= 4 is 23.6 Å². The van der Waals surface area contributed by atoms with Crippen molar-refractivity contribution in [2.75, 3.05) is 13.1 Å². The summed E-state index contributed by atoms with van der Waals surface area (Å²) < 4.78 is 0. The number of phenols is 2. The molecule has 0 aromatic heterocycles. The molecule has 0 aliphatic carbocycles. The second kappa shape index (κ2) is 5.85. The van der Waals surface area contributed by atoms with Gasteiger partial charge in [-0.25, -0.2) is 0 Å². The largest absolute Gasteiger partial charge is 0.504 e. The van der Waals surface area contributed by atoms with Gasteiger partial charge in [0.1, 0.15) is 11.6 Å². The maximum Gasteiger partial charge on any atom is 0.264 e. The molecule has 1 fully saturated rings. The number of nitrogens with zero attached hydrogens (tertiary/aromatic N) is 2. The Balaban J connectivity index is 2.31. The molecule has 0 bridgehead atoms. The summed E-state index contributed by atoms with van der Waals surface area (Å²) in [4.78, 5) is 13.7. The number of hydrogen-bond donors (Lipinski definition) is 2. The van der Waals surface area contributed by atoms with Crippen LogP contribution >= 0.6 is 11.6 Å². The molecular weight excluding hydrogens is 280 g/mol. The summed E-state index contributed by atoms with van der Waals surface area (Å²) in [6.45, 7) is 1.30. The molecule has 1 aromatic carbocycles. The van der Waals surface area contributed by atoms with Crippen LogP contribution in [0.2, 0.25) is 5.02 Å². The Morgan fingerprint density at radius 1 is 1.35 bits per heavy atom. The molecule has 20 heavy (non-hydrogen) atoms. The molecule has 1 aromatic rings. The van der Waals surface area contributed by atoms with Crippen LogP contribution in [-0.4, -0.2) is 34.1 Å². The zero-order valence-electron chi connectivity index (χ0n) is 10.6. The van der Waals surface area contributed by atoms with Gasteiger partial charge in [0.05, 0.1) is 5.02 Å². The summed E-state index contributed by atoms with van der Waals surface area (Å²) in [6.07, 6.45) is 3.23. The van der Waals surface area contributed by atoms with Gasteiger partial charge in [-0.05, 0) is 36.6 Å². The monoisotopic (exact) mass is 292 g/mol. The number of carbonyl (C=O) groups excluding carboxylic acids is 1. The molecule has 5 nitrogen and oxygen atoms in total. The average Bonchev–Trinajstić information content (AvgIpc) is 2.95. The van der Waals surface area contributed by atoms with E-state index in [2.05, 4.69) is 0 Å². The zero-order chi connectivity index (χ0) is 14.7. The summed E-state index contributed by atoms with van der Waals surface area (Å²) in [6, 6.07) is 4.49. The molecule has 1 saturated heterocycles. The van der Waals surface area contributed by atoms with Crippen LogP contribution in [0.5, 0.6) is 11.5 Å². The van der Waals surface area contributed by atoms with Crippen LogP contribution in [0, 0.1) is 11.3 Å². The molecule has 104 valence electrons. The number of aromatic hydroxyl groups is 2. The highest BCUT2D eigenvalue weighted by molar-refractivity contribution is 6.32. The smallest absolute Gasteiger partial charge is 0.264 e. The van der Waals surface area contributed by atoms with Gasteiger partial charge in [0.2, 0.25) is 0 Å². The first kappa shape index (κ1) is 14.2. The molecule has 1 amide bonds. The van der Waals surface area contributed by atoms with Crippen LogP contribution < -0.4 is 0 Å². The zero-order valence-corrected chi connectivity index (χ0v) is 11.4. The van der Waals surface area contributed by atoms with E-state index in [1.54, 1.807) is 4.90 Å². The van der Waals surface area contributed by atoms with Crippen LogP contribution in [0.4, 0.5) is 0 Å². The number of nitriles is 1. The van der Waals surface area contributed by atoms with Gasteiger partial charge in [-0.2, -0.15) is 5.26 Å². The maximum atomic E-state index is 12.1. The summed E-state index contributed by atoms with van der Waals surface area (Å²) in [5.74, 6) is -1.14. The predicted octanol–water partition coefficient (Wildman–Crippen LogP) is 2.28. The molecule has 6 heteroatoms. The van der Waals surface area contributed by atoms with Crippen molar-refractivity contribution in [1.82, 2.24) is 4.90 Å². The fourth-order valence-electron chi connectivity index (χ4n) is 2.09. The third-order valence-corrected chi connectivity index (χ3v) is 3.41. The molecule has 1 aliphatic heterocycles. The van der Waals surface area contributed by atoms with E-state index in [0.717, 1.165) is 12.8 Å². The standard InChI is InChI=1S/C14H13ClN2O3/c15-11-6-9(7-12(18)13(11)19)5-10(8-16)14(20)17-3-1-2-4-17/h5-7,18-19H,1-4H2/b10-5+. The molecule has 2 rings (SSSR count). The molecule has 0 saturated carbocycles. The molecule has 1 aliphatic rings. The van der Waals surface area contributed by atoms with Crippen molar-refractivity contribution in [2.24, 2.45) is 0 Å². The van der Waals surface area contributed by atoms with E-state index >= 15 is 0 Å². The Morgan fingerprint density at radius 2 is 2.00 bits per heavy atom. The quantitative estimate of drug-likeness (QED) is 0.497. The summed E-state index contributed by atoms with van der Waals surface area (Å²) in [5, 5.41) is 27.9. The Bertz CT molecular complexity index is 590. The SMILES string of the molecule is N#C/C(=C\c1cc(O)c(O)c(Cl)c1)C(=O)N1CCCC1. The number of benzene rings is 1. The number of carbonyl (C=O) groups is 1. The van der Waals surface area contributed by atoms with Gasteiger partial charge in [-0.15, -0.1) is 0 Å². The highest BCUT2D eigenvalue weighted by Gasteiger charge is 2.21. The number of phenolic OH excluding ortho intramolecular Hbond substituents is 2. The second-order valence-corrected chi connectivity index (χ2v) is 4.95. The van der Waals surface area contributed by atoms with Gasteiger partial charge < -0.3 is 15.1 Å². The maximum absolute atomic E-state index is 12.1. The van der Waals surface area contributed by atoms with Crippen LogP contribution in [0.1, 0.15) is 18.4 Å². The van der Waals surface area contributed by atoms with E-state index in [0.29, 0.717) is 18.7 Å². The first-order chi connectivity index (χ1) is 9.52. The molecule has 1 heterocycles. The fourth-order valence-corrected chi connectivity index (χ4v) is 2.31. The van der Waals surface area contributed by atoms with Gasteiger partial charge in [-0.1, -0.05) is 11.6 Å². The normalized spacial score (nSPS) is 15.2. The lowest BCUT2D eigenvalue weighted by Gasteiger charge is -2.14. The first-order valence-electron chi connectivity index (χ1n) is 6.15. The number of hydrogen-bond acceptors (Lipinski definition) is 4. The van der Waals surface area contributed by atoms with Crippen LogP contribution in [0.3, 0.4) is 0 Å².